The molecular weight excluding hydrogens is 426 g/mol. The smallest absolute Gasteiger partial charge is 0.419 e. The molecule has 0 saturated heterocycles. The van der Waals surface area contributed by atoms with E-state index >= 15 is 0 Å². The Morgan fingerprint density at radius 1 is 1.16 bits per heavy atom. The predicted octanol–water partition coefficient (Wildman–Crippen LogP) is 6.17. The van der Waals surface area contributed by atoms with Crippen LogP contribution < -0.4 is 0 Å². The standard InChI is InChI=1S/C25H27N3O3.ClH/c1-15-11-16(2)26-18(15)13-20-23(30-6)14-19(27-20)22-12-17-9-7-8-10-21(17)28(22)24(29)31-25(3,4)5;/h7-14,26H,1-6H3;1H/b20-13-;. The van der Waals surface area contributed by atoms with Gasteiger partial charge in [0.05, 0.1) is 24.0 Å². The number of fused-ring (bicyclic) bond motifs is 1. The topological polar surface area (TPSA) is 68.6 Å². The van der Waals surface area contributed by atoms with Crippen LogP contribution in [0, 0.1) is 13.8 Å². The van der Waals surface area contributed by atoms with Crippen molar-refractivity contribution in [2.45, 2.75) is 40.2 Å². The molecule has 0 spiro atoms. The van der Waals surface area contributed by atoms with E-state index in [1.165, 1.54) is 0 Å². The number of methoxy groups -OCH3 is 1. The first kappa shape index (κ1) is 23.4. The van der Waals surface area contributed by atoms with E-state index in [9.17, 15) is 4.79 Å². The molecule has 168 valence electrons. The molecule has 0 radical (unpaired) electrons. The van der Waals surface area contributed by atoms with Crippen molar-refractivity contribution in [1.82, 2.24) is 9.55 Å². The fourth-order valence-corrected chi connectivity index (χ4v) is 3.70. The second-order valence-electron chi connectivity index (χ2n) is 8.69. The van der Waals surface area contributed by atoms with Gasteiger partial charge in [-0.3, -0.25) is 0 Å². The van der Waals surface area contributed by atoms with E-state index in [1.807, 2.05) is 77.1 Å². The molecule has 6 nitrogen and oxygen atoms in total. The maximum atomic E-state index is 13.1. The molecule has 7 heteroatoms. The maximum Gasteiger partial charge on any atom is 0.419 e. The lowest BCUT2D eigenvalue weighted by atomic mass is 10.2. The van der Waals surface area contributed by atoms with Gasteiger partial charge in [0.15, 0.2) is 0 Å². The van der Waals surface area contributed by atoms with Crippen molar-refractivity contribution in [3.05, 3.63) is 76.6 Å². The summed E-state index contributed by atoms with van der Waals surface area (Å²) in [7, 11) is 1.62. The summed E-state index contributed by atoms with van der Waals surface area (Å²) >= 11 is 0. The van der Waals surface area contributed by atoms with E-state index < -0.39 is 11.7 Å². The average Bonchev–Trinajstić information content (AvgIpc) is 3.35. The largest absolute Gasteiger partial charge is 0.494 e. The van der Waals surface area contributed by atoms with Crippen LogP contribution in [0.4, 0.5) is 4.79 Å². The number of benzene rings is 1. The number of para-hydroxylation sites is 1. The molecule has 3 heterocycles. The fourth-order valence-electron chi connectivity index (χ4n) is 3.70. The number of hydrogen-bond donors (Lipinski definition) is 1. The van der Waals surface area contributed by atoms with Crippen LogP contribution in [-0.2, 0) is 9.47 Å². The van der Waals surface area contributed by atoms with E-state index in [-0.39, 0.29) is 12.4 Å². The first-order chi connectivity index (χ1) is 14.7. The summed E-state index contributed by atoms with van der Waals surface area (Å²) in [6.45, 7) is 9.63. The lowest BCUT2D eigenvalue weighted by Crippen LogP contribution is -2.28. The van der Waals surface area contributed by atoms with Crippen molar-refractivity contribution in [1.29, 1.82) is 0 Å². The zero-order chi connectivity index (χ0) is 22.3. The van der Waals surface area contributed by atoms with Gasteiger partial charge in [-0.05, 0) is 64.5 Å². The average molecular weight is 454 g/mol. The Morgan fingerprint density at radius 3 is 2.50 bits per heavy atom. The number of rotatable bonds is 3. The Bertz CT molecular complexity index is 1270. The Kier molecular flexibility index (Phi) is 6.37. The van der Waals surface area contributed by atoms with Crippen molar-refractivity contribution >= 4 is 41.2 Å². The number of halogens is 1. The normalized spacial score (nSPS) is 14.9. The highest BCUT2D eigenvalue weighted by Gasteiger charge is 2.26. The minimum Gasteiger partial charge on any atom is -0.494 e. The summed E-state index contributed by atoms with van der Waals surface area (Å²) in [5.41, 5.74) is 5.36. The van der Waals surface area contributed by atoms with Gasteiger partial charge in [-0.1, -0.05) is 18.2 Å². The molecular formula is C25H28ClN3O3. The fraction of sp³-hybridized carbons (Fsp3) is 0.280. The highest BCUT2D eigenvalue weighted by atomic mass is 35.5. The Morgan fingerprint density at radius 2 is 1.88 bits per heavy atom. The number of carbonyl (C=O) groups is 1. The van der Waals surface area contributed by atoms with Crippen molar-refractivity contribution in [3.63, 3.8) is 0 Å². The van der Waals surface area contributed by atoms with Gasteiger partial charge >= 0.3 is 6.09 Å². The third kappa shape index (κ3) is 4.50. The number of H-pyrrole nitrogens is 1. The number of nitrogens with one attached hydrogen (secondary N) is 1. The van der Waals surface area contributed by atoms with E-state index in [0.29, 0.717) is 22.9 Å². The summed E-state index contributed by atoms with van der Waals surface area (Å²) in [6.07, 6.45) is 3.38. The molecule has 1 aliphatic heterocycles. The second kappa shape index (κ2) is 8.71. The minimum absolute atomic E-state index is 0. The molecule has 0 unspecified atom stereocenters. The van der Waals surface area contributed by atoms with Gasteiger partial charge < -0.3 is 14.5 Å². The zero-order valence-electron chi connectivity index (χ0n) is 19.1. The molecule has 3 aromatic rings. The van der Waals surface area contributed by atoms with Crippen LogP contribution in [-0.4, -0.2) is 34.1 Å². The van der Waals surface area contributed by atoms with Gasteiger partial charge in [0.25, 0.3) is 0 Å². The van der Waals surface area contributed by atoms with Crippen LogP contribution in [0.25, 0.3) is 17.0 Å². The van der Waals surface area contributed by atoms with Crippen LogP contribution in [0.5, 0.6) is 0 Å². The number of nitrogens with zero attached hydrogens (tertiary/aromatic N) is 2. The molecule has 2 aromatic heterocycles. The molecule has 32 heavy (non-hydrogen) atoms. The molecule has 0 fully saturated rings. The monoisotopic (exact) mass is 453 g/mol. The van der Waals surface area contributed by atoms with Crippen molar-refractivity contribution in [3.8, 4) is 0 Å². The Hall–Kier alpha value is -3.25. The van der Waals surface area contributed by atoms with Crippen molar-refractivity contribution in [2.75, 3.05) is 7.11 Å². The molecule has 0 aliphatic carbocycles. The second-order valence-corrected chi connectivity index (χ2v) is 8.69. The molecule has 1 aliphatic rings. The summed E-state index contributed by atoms with van der Waals surface area (Å²) in [4.78, 5) is 21.2. The zero-order valence-corrected chi connectivity index (χ0v) is 20.0. The van der Waals surface area contributed by atoms with Crippen LogP contribution in [0.3, 0.4) is 0 Å². The molecule has 0 amide bonds. The van der Waals surface area contributed by atoms with E-state index in [1.54, 1.807) is 11.7 Å². The van der Waals surface area contributed by atoms with Gasteiger partial charge in [-0.2, -0.15) is 0 Å². The lowest BCUT2D eigenvalue weighted by molar-refractivity contribution is 0.0544. The highest BCUT2D eigenvalue weighted by molar-refractivity contribution is 6.15. The Balaban J connectivity index is 0.00000289. The van der Waals surface area contributed by atoms with Crippen molar-refractivity contribution in [2.24, 2.45) is 4.99 Å². The molecule has 1 N–H and O–H groups in total. The van der Waals surface area contributed by atoms with Crippen molar-refractivity contribution < 1.29 is 14.3 Å². The molecule has 0 bridgehead atoms. The van der Waals surface area contributed by atoms with Gasteiger partial charge in [-0.25, -0.2) is 14.4 Å². The summed E-state index contributed by atoms with van der Waals surface area (Å²) in [5, 5.41) is 0.937. The summed E-state index contributed by atoms with van der Waals surface area (Å²) in [5.74, 6) is 0.641. The first-order valence-corrected chi connectivity index (χ1v) is 10.2. The van der Waals surface area contributed by atoms with Crippen LogP contribution in [0.15, 0.2) is 58.9 Å². The van der Waals surface area contributed by atoms with E-state index in [4.69, 9.17) is 14.5 Å². The molecule has 1 aromatic carbocycles. The number of ether oxygens (including phenoxy) is 2. The predicted molar refractivity (Wildman–Crippen MR) is 131 cm³/mol. The quantitative estimate of drug-likeness (QED) is 0.515. The number of aromatic nitrogens is 2. The number of carbonyl (C=O) groups excluding carboxylic acids is 1. The first-order valence-electron chi connectivity index (χ1n) is 10.2. The van der Waals surface area contributed by atoms with Crippen LogP contribution in [0.1, 0.15) is 43.4 Å². The number of hydrogen-bond acceptors (Lipinski definition) is 4. The SMILES string of the molecule is COC1=CC(c2cc3ccccc3n2C(=O)OC(C)(C)C)=N/C1=C\c1[nH]c(C)cc1C.Cl. The number of allylic oxidation sites excluding steroid dienone is 1. The van der Waals surface area contributed by atoms with Gasteiger partial charge in [0.1, 0.15) is 17.1 Å². The highest BCUT2D eigenvalue weighted by Crippen LogP contribution is 2.29. The van der Waals surface area contributed by atoms with E-state index in [2.05, 4.69) is 11.1 Å². The number of aromatic amines is 1. The van der Waals surface area contributed by atoms with Gasteiger partial charge in [0, 0.05) is 22.9 Å². The number of aliphatic imine (C=N–C) groups is 1. The maximum absolute atomic E-state index is 13.1. The third-order valence-corrected chi connectivity index (χ3v) is 5.00. The summed E-state index contributed by atoms with van der Waals surface area (Å²) in [6, 6.07) is 11.8. The van der Waals surface area contributed by atoms with E-state index in [0.717, 1.165) is 27.9 Å². The third-order valence-electron chi connectivity index (χ3n) is 5.00. The minimum atomic E-state index is -0.612. The van der Waals surface area contributed by atoms with Gasteiger partial charge in [0.2, 0.25) is 0 Å². The number of aryl methyl sites for hydroxylation is 2. The van der Waals surface area contributed by atoms with Crippen LogP contribution >= 0.6 is 12.4 Å². The molecule has 0 atom stereocenters. The molecule has 0 saturated carbocycles. The van der Waals surface area contributed by atoms with Crippen LogP contribution in [0.2, 0.25) is 0 Å². The lowest BCUT2D eigenvalue weighted by Gasteiger charge is -2.20. The summed E-state index contributed by atoms with van der Waals surface area (Å²) < 4.78 is 12.8. The van der Waals surface area contributed by atoms with Gasteiger partial charge in [-0.15, -0.1) is 12.4 Å². The molecule has 4 rings (SSSR count). The Labute approximate surface area is 194 Å².